The maximum absolute atomic E-state index is 13.1. The minimum atomic E-state index is 0.0671. The molecule has 1 amide bonds. The summed E-state index contributed by atoms with van der Waals surface area (Å²) in [5, 5.41) is 0. The maximum Gasteiger partial charge on any atom is 0.239 e. The summed E-state index contributed by atoms with van der Waals surface area (Å²) in [6.07, 6.45) is 9.00. The molecule has 0 bridgehead atoms. The molecule has 0 saturated carbocycles. The lowest BCUT2D eigenvalue weighted by Crippen LogP contribution is -2.51. The molecule has 4 heterocycles. The second kappa shape index (κ2) is 9.41. The number of aromatic nitrogens is 3. The van der Waals surface area contributed by atoms with Gasteiger partial charge in [0.05, 0.1) is 6.04 Å². The number of piperidine rings is 2. The first-order chi connectivity index (χ1) is 15.7. The molecule has 0 N–H and O–H groups in total. The number of rotatable bonds is 5. The quantitative estimate of drug-likeness (QED) is 0.616. The van der Waals surface area contributed by atoms with Crippen molar-refractivity contribution in [2.45, 2.75) is 57.0 Å². The zero-order chi connectivity index (χ0) is 21.9. The number of pyridine rings is 1. The summed E-state index contributed by atoms with van der Waals surface area (Å²) in [5.41, 5.74) is 3.28. The zero-order valence-corrected chi connectivity index (χ0v) is 19.0. The van der Waals surface area contributed by atoms with Crippen molar-refractivity contribution in [2.75, 3.05) is 26.7 Å². The molecule has 0 unspecified atom stereocenters. The average molecular weight is 432 g/mol. The van der Waals surface area contributed by atoms with Gasteiger partial charge in [-0.1, -0.05) is 36.8 Å². The lowest BCUT2D eigenvalue weighted by molar-refractivity contribution is -0.139. The van der Waals surface area contributed by atoms with Gasteiger partial charge in [-0.2, -0.15) is 0 Å². The van der Waals surface area contributed by atoms with Gasteiger partial charge in [0, 0.05) is 31.7 Å². The Hall–Kier alpha value is -2.73. The third-order valence-corrected chi connectivity index (χ3v) is 7.20. The highest BCUT2D eigenvalue weighted by Gasteiger charge is 2.33. The van der Waals surface area contributed by atoms with Gasteiger partial charge in [-0.15, -0.1) is 0 Å². The number of aryl methyl sites for hydroxylation is 2. The van der Waals surface area contributed by atoms with E-state index in [4.69, 9.17) is 4.98 Å². The molecule has 6 heteroatoms. The Balaban J connectivity index is 1.32. The van der Waals surface area contributed by atoms with Crippen LogP contribution in [-0.4, -0.2) is 63.0 Å². The Kier molecular flexibility index (Phi) is 6.21. The molecule has 2 aromatic heterocycles. The number of amides is 1. The summed E-state index contributed by atoms with van der Waals surface area (Å²) in [4.78, 5) is 27.1. The fourth-order valence-electron chi connectivity index (χ4n) is 5.38. The van der Waals surface area contributed by atoms with Crippen LogP contribution in [0.25, 0.3) is 11.2 Å². The monoisotopic (exact) mass is 431 g/mol. The predicted octanol–water partition coefficient (Wildman–Crippen LogP) is 3.86. The third-order valence-electron chi connectivity index (χ3n) is 7.20. The van der Waals surface area contributed by atoms with Crippen molar-refractivity contribution < 1.29 is 4.79 Å². The van der Waals surface area contributed by atoms with Gasteiger partial charge in [0.25, 0.3) is 0 Å². The molecule has 0 spiro atoms. The highest BCUT2D eigenvalue weighted by Crippen LogP contribution is 2.29. The lowest BCUT2D eigenvalue weighted by atomic mass is 9.99. The van der Waals surface area contributed by atoms with E-state index in [2.05, 4.69) is 62.8 Å². The first kappa shape index (κ1) is 21.1. The molecular weight excluding hydrogens is 398 g/mol. The van der Waals surface area contributed by atoms with Crippen molar-refractivity contribution in [3.8, 4) is 0 Å². The topological polar surface area (TPSA) is 54.3 Å². The van der Waals surface area contributed by atoms with Crippen molar-refractivity contribution in [3.63, 3.8) is 0 Å². The Bertz CT molecular complexity index is 1050. The predicted molar refractivity (Wildman–Crippen MR) is 126 cm³/mol. The Morgan fingerprint density at radius 1 is 0.969 bits per heavy atom. The Labute approximate surface area is 190 Å². The van der Waals surface area contributed by atoms with Gasteiger partial charge in [0.2, 0.25) is 5.91 Å². The van der Waals surface area contributed by atoms with Gasteiger partial charge >= 0.3 is 0 Å². The molecule has 2 aliphatic heterocycles. The molecule has 32 heavy (non-hydrogen) atoms. The van der Waals surface area contributed by atoms with Crippen LogP contribution in [0, 0.1) is 0 Å². The van der Waals surface area contributed by atoms with Crippen molar-refractivity contribution in [1.82, 2.24) is 24.3 Å². The van der Waals surface area contributed by atoms with Crippen LogP contribution >= 0.6 is 0 Å². The van der Waals surface area contributed by atoms with Crippen LogP contribution in [0.1, 0.15) is 49.5 Å². The molecule has 3 aromatic rings. The van der Waals surface area contributed by atoms with Gasteiger partial charge in [0.1, 0.15) is 11.3 Å². The van der Waals surface area contributed by atoms with Crippen LogP contribution in [0.15, 0.2) is 48.7 Å². The molecule has 2 saturated heterocycles. The number of likely N-dealkylation sites (N-methyl/N-ethyl adjacent to an activating group) is 1. The third kappa shape index (κ3) is 4.29. The molecule has 5 rings (SSSR count). The molecule has 2 fully saturated rings. The molecule has 1 atom stereocenters. The number of imidazole rings is 1. The zero-order valence-electron chi connectivity index (χ0n) is 19.0. The van der Waals surface area contributed by atoms with Crippen LogP contribution in [0.4, 0.5) is 0 Å². The smallest absolute Gasteiger partial charge is 0.239 e. The first-order valence-corrected chi connectivity index (χ1v) is 12.1. The second-order valence-electron chi connectivity index (χ2n) is 9.28. The molecule has 0 aliphatic carbocycles. The summed E-state index contributed by atoms with van der Waals surface area (Å²) in [6.45, 7) is 2.67. The van der Waals surface area contributed by atoms with Gasteiger partial charge in [0.15, 0.2) is 5.65 Å². The minimum absolute atomic E-state index is 0.0671. The SMILES string of the molecule is CN1CCCC[C@H]1C(=O)N1CCC(n2c(CCc3ccccc3)nc3cccnc32)CC1. The summed E-state index contributed by atoms with van der Waals surface area (Å²) in [6, 6.07) is 15.0. The van der Waals surface area contributed by atoms with E-state index in [0.717, 1.165) is 75.1 Å². The fourth-order valence-corrected chi connectivity index (χ4v) is 5.38. The van der Waals surface area contributed by atoms with E-state index in [1.807, 2.05) is 12.3 Å². The summed E-state index contributed by atoms with van der Waals surface area (Å²) in [5.74, 6) is 1.43. The van der Waals surface area contributed by atoms with Gasteiger partial charge < -0.3 is 9.47 Å². The minimum Gasteiger partial charge on any atom is -0.341 e. The van der Waals surface area contributed by atoms with Crippen LogP contribution in [0.3, 0.4) is 0 Å². The first-order valence-electron chi connectivity index (χ1n) is 12.1. The number of hydrogen-bond donors (Lipinski definition) is 0. The number of carbonyl (C=O) groups is 1. The number of likely N-dealkylation sites (tertiary alicyclic amines) is 2. The number of carbonyl (C=O) groups excluding carboxylic acids is 1. The molecule has 168 valence electrons. The highest BCUT2D eigenvalue weighted by molar-refractivity contribution is 5.82. The van der Waals surface area contributed by atoms with E-state index in [1.165, 1.54) is 12.0 Å². The molecule has 0 radical (unpaired) electrons. The number of benzene rings is 1. The van der Waals surface area contributed by atoms with Crippen molar-refractivity contribution in [2.24, 2.45) is 0 Å². The molecule has 1 aromatic carbocycles. The van der Waals surface area contributed by atoms with Gasteiger partial charge in [-0.3, -0.25) is 9.69 Å². The normalized spacial score (nSPS) is 20.7. The van der Waals surface area contributed by atoms with Crippen molar-refractivity contribution in [1.29, 1.82) is 0 Å². The maximum atomic E-state index is 13.1. The van der Waals surface area contributed by atoms with E-state index in [1.54, 1.807) is 0 Å². The molecule has 2 aliphatic rings. The van der Waals surface area contributed by atoms with E-state index in [9.17, 15) is 4.79 Å². The van der Waals surface area contributed by atoms with E-state index >= 15 is 0 Å². The molecular formula is C26H33N5O. The summed E-state index contributed by atoms with van der Waals surface area (Å²) in [7, 11) is 2.09. The number of hydrogen-bond acceptors (Lipinski definition) is 4. The Morgan fingerprint density at radius 2 is 1.78 bits per heavy atom. The van der Waals surface area contributed by atoms with E-state index < -0.39 is 0 Å². The van der Waals surface area contributed by atoms with E-state index in [0.29, 0.717) is 11.9 Å². The highest BCUT2D eigenvalue weighted by atomic mass is 16.2. The van der Waals surface area contributed by atoms with Gasteiger partial charge in [-0.05, 0) is 63.4 Å². The standard InChI is InChI=1S/C26H33N5O/c1-29-17-6-5-11-23(29)26(32)30-18-14-21(15-19-30)31-24(13-12-20-8-3-2-4-9-20)28-22-10-7-16-27-25(22)31/h2-4,7-10,16,21,23H,5-6,11-15,17-19H2,1H3/t23-/m0/s1. The van der Waals surface area contributed by atoms with Crippen LogP contribution in [0.2, 0.25) is 0 Å². The van der Waals surface area contributed by atoms with Crippen LogP contribution in [0.5, 0.6) is 0 Å². The van der Waals surface area contributed by atoms with Crippen molar-refractivity contribution in [3.05, 3.63) is 60.0 Å². The van der Waals surface area contributed by atoms with Crippen molar-refractivity contribution >= 4 is 17.1 Å². The summed E-state index contributed by atoms with van der Waals surface area (Å²) < 4.78 is 2.37. The van der Waals surface area contributed by atoms with Gasteiger partial charge in [-0.25, -0.2) is 9.97 Å². The van der Waals surface area contributed by atoms with Crippen LogP contribution in [-0.2, 0) is 17.6 Å². The average Bonchev–Trinajstić information content (AvgIpc) is 3.22. The number of nitrogens with zero attached hydrogens (tertiary/aromatic N) is 5. The second-order valence-corrected chi connectivity index (χ2v) is 9.28. The lowest BCUT2D eigenvalue weighted by Gasteiger charge is -2.39. The van der Waals surface area contributed by atoms with E-state index in [-0.39, 0.29) is 6.04 Å². The van der Waals surface area contributed by atoms with Crippen LogP contribution < -0.4 is 0 Å². The molecule has 6 nitrogen and oxygen atoms in total. The largest absolute Gasteiger partial charge is 0.341 e. The summed E-state index contributed by atoms with van der Waals surface area (Å²) >= 11 is 0. The number of fused-ring (bicyclic) bond motifs is 1. The Morgan fingerprint density at radius 3 is 2.56 bits per heavy atom. The fraction of sp³-hybridized carbons (Fsp3) is 0.500.